The van der Waals surface area contributed by atoms with Gasteiger partial charge < -0.3 is 0 Å². The van der Waals surface area contributed by atoms with Crippen LogP contribution in [0.4, 0.5) is 0 Å². The summed E-state index contributed by atoms with van der Waals surface area (Å²) >= 11 is 0. The normalized spacial score (nSPS) is 11.1. The Kier molecular flexibility index (Phi) is 5.05. The molecule has 0 heteroatoms. The van der Waals surface area contributed by atoms with Crippen LogP contribution in [0.25, 0.3) is 0 Å². The Morgan fingerprint density at radius 2 is 1.62 bits per heavy atom. The predicted molar refractivity (Wildman–Crippen MR) is 73.3 cm³/mol. The first kappa shape index (κ1) is 13.3. The highest BCUT2D eigenvalue weighted by molar-refractivity contribution is 5.43. The van der Waals surface area contributed by atoms with Gasteiger partial charge >= 0.3 is 0 Å². The van der Waals surface area contributed by atoms with Crippen molar-refractivity contribution in [1.82, 2.24) is 0 Å². The minimum absolute atomic E-state index is 0.651. The van der Waals surface area contributed by atoms with Crippen LogP contribution in [-0.2, 0) is 19.3 Å². The zero-order valence-corrected chi connectivity index (χ0v) is 11.6. The zero-order valence-electron chi connectivity index (χ0n) is 11.6. The fourth-order valence-corrected chi connectivity index (χ4v) is 2.62. The molecule has 0 N–H and O–H groups in total. The van der Waals surface area contributed by atoms with Crippen LogP contribution in [-0.4, -0.2) is 0 Å². The molecule has 0 heterocycles. The van der Waals surface area contributed by atoms with Gasteiger partial charge in [-0.05, 0) is 47.4 Å². The Hall–Kier alpha value is -0.780. The minimum atomic E-state index is 0.651. The van der Waals surface area contributed by atoms with E-state index in [-0.39, 0.29) is 0 Å². The van der Waals surface area contributed by atoms with Crippen LogP contribution in [0.5, 0.6) is 0 Å². The van der Waals surface area contributed by atoms with Crippen LogP contribution in [0.2, 0.25) is 0 Å². The fraction of sp³-hybridized carbons (Fsp3) is 0.625. The van der Waals surface area contributed by atoms with E-state index in [9.17, 15) is 0 Å². The maximum Gasteiger partial charge on any atom is -0.0216 e. The standard InChI is InChI=1S/C16H26/c1-6-9-16-14(8-3)13(7-2)10-11-15(16)12(4)5/h10-12H,6-9H2,1-5H3. The molecule has 1 aromatic rings. The highest BCUT2D eigenvalue weighted by Crippen LogP contribution is 2.27. The van der Waals surface area contributed by atoms with Crippen molar-refractivity contribution in [2.45, 2.75) is 66.2 Å². The molecule has 0 aromatic heterocycles. The van der Waals surface area contributed by atoms with Crippen molar-refractivity contribution in [3.05, 3.63) is 34.4 Å². The molecule has 0 saturated carbocycles. The van der Waals surface area contributed by atoms with E-state index in [0.29, 0.717) is 5.92 Å². The first-order chi connectivity index (χ1) is 7.65. The van der Waals surface area contributed by atoms with Crippen LogP contribution < -0.4 is 0 Å². The molecule has 0 radical (unpaired) electrons. The second-order valence-corrected chi connectivity index (χ2v) is 4.88. The lowest BCUT2D eigenvalue weighted by Gasteiger charge is -2.19. The van der Waals surface area contributed by atoms with Gasteiger partial charge in [0.15, 0.2) is 0 Å². The van der Waals surface area contributed by atoms with E-state index >= 15 is 0 Å². The molecule has 0 aliphatic heterocycles. The van der Waals surface area contributed by atoms with Crippen LogP contribution in [0, 0.1) is 0 Å². The van der Waals surface area contributed by atoms with Crippen LogP contribution in [0.15, 0.2) is 12.1 Å². The molecule has 0 atom stereocenters. The second kappa shape index (κ2) is 6.08. The van der Waals surface area contributed by atoms with E-state index in [1.807, 2.05) is 0 Å². The maximum absolute atomic E-state index is 2.35. The molecule has 0 aliphatic carbocycles. The molecule has 16 heavy (non-hydrogen) atoms. The van der Waals surface area contributed by atoms with E-state index < -0.39 is 0 Å². The van der Waals surface area contributed by atoms with Gasteiger partial charge in [-0.3, -0.25) is 0 Å². The van der Waals surface area contributed by atoms with Crippen LogP contribution in [0.1, 0.15) is 69.2 Å². The van der Waals surface area contributed by atoms with Gasteiger partial charge in [-0.1, -0.05) is 53.2 Å². The van der Waals surface area contributed by atoms with Gasteiger partial charge in [-0.25, -0.2) is 0 Å². The number of rotatable bonds is 5. The quantitative estimate of drug-likeness (QED) is 0.660. The van der Waals surface area contributed by atoms with Crippen molar-refractivity contribution in [1.29, 1.82) is 0 Å². The number of hydrogen-bond acceptors (Lipinski definition) is 0. The molecule has 0 spiro atoms. The molecule has 90 valence electrons. The third kappa shape index (κ3) is 2.66. The predicted octanol–water partition coefficient (Wildman–Crippen LogP) is 4.89. The number of hydrogen-bond donors (Lipinski definition) is 0. The summed E-state index contributed by atoms with van der Waals surface area (Å²) in [7, 11) is 0. The lowest BCUT2D eigenvalue weighted by molar-refractivity contribution is 0.802. The molecule has 0 fully saturated rings. The van der Waals surface area contributed by atoms with Crippen molar-refractivity contribution in [3.8, 4) is 0 Å². The van der Waals surface area contributed by atoms with Gasteiger partial charge in [0.1, 0.15) is 0 Å². The molecular formula is C16H26. The summed E-state index contributed by atoms with van der Waals surface area (Å²) in [5.74, 6) is 0.651. The zero-order chi connectivity index (χ0) is 12.1. The van der Waals surface area contributed by atoms with Crippen molar-refractivity contribution >= 4 is 0 Å². The minimum Gasteiger partial charge on any atom is -0.0651 e. The molecule has 0 amide bonds. The van der Waals surface area contributed by atoms with Crippen LogP contribution in [0.3, 0.4) is 0 Å². The van der Waals surface area contributed by atoms with Gasteiger partial charge in [0.05, 0.1) is 0 Å². The first-order valence-electron chi connectivity index (χ1n) is 6.79. The highest BCUT2D eigenvalue weighted by Gasteiger charge is 2.12. The summed E-state index contributed by atoms with van der Waals surface area (Å²) in [6, 6.07) is 4.70. The van der Waals surface area contributed by atoms with Gasteiger partial charge in [0.2, 0.25) is 0 Å². The Bertz CT molecular complexity index is 334. The molecule has 0 bridgehead atoms. The smallest absolute Gasteiger partial charge is 0.0216 e. The molecular weight excluding hydrogens is 192 g/mol. The largest absolute Gasteiger partial charge is 0.0651 e. The highest BCUT2D eigenvalue weighted by atomic mass is 14.2. The van der Waals surface area contributed by atoms with Gasteiger partial charge in [0.25, 0.3) is 0 Å². The van der Waals surface area contributed by atoms with Crippen molar-refractivity contribution < 1.29 is 0 Å². The van der Waals surface area contributed by atoms with Crippen molar-refractivity contribution in [3.63, 3.8) is 0 Å². The summed E-state index contributed by atoms with van der Waals surface area (Å²) in [6.07, 6.45) is 4.84. The van der Waals surface area contributed by atoms with E-state index in [0.717, 1.165) is 6.42 Å². The van der Waals surface area contributed by atoms with Crippen LogP contribution >= 0.6 is 0 Å². The third-order valence-corrected chi connectivity index (χ3v) is 3.42. The Balaban J connectivity index is 3.31. The van der Waals surface area contributed by atoms with Gasteiger partial charge in [-0.2, -0.15) is 0 Å². The van der Waals surface area contributed by atoms with Crippen molar-refractivity contribution in [2.75, 3.05) is 0 Å². The Morgan fingerprint density at radius 1 is 0.938 bits per heavy atom. The molecule has 0 saturated heterocycles. The fourth-order valence-electron chi connectivity index (χ4n) is 2.62. The average Bonchev–Trinajstić information content (AvgIpc) is 2.28. The summed E-state index contributed by atoms with van der Waals surface area (Å²) < 4.78 is 0. The second-order valence-electron chi connectivity index (χ2n) is 4.88. The summed E-state index contributed by atoms with van der Waals surface area (Å²) in [4.78, 5) is 0. The molecule has 0 nitrogen and oxygen atoms in total. The van der Waals surface area contributed by atoms with Crippen molar-refractivity contribution in [2.24, 2.45) is 0 Å². The summed E-state index contributed by atoms with van der Waals surface area (Å²) in [5.41, 5.74) is 6.38. The number of aryl methyl sites for hydroxylation is 1. The van der Waals surface area contributed by atoms with E-state index in [1.165, 1.54) is 19.3 Å². The SMILES string of the molecule is CCCc1c(C(C)C)ccc(CC)c1CC. The van der Waals surface area contributed by atoms with Gasteiger partial charge in [-0.15, -0.1) is 0 Å². The monoisotopic (exact) mass is 218 g/mol. The first-order valence-corrected chi connectivity index (χ1v) is 6.79. The molecule has 1 aromatic carbocycles. The number of benzene rings is 1. The Morgan fingerprint density at radius 3 is 2.06 bits per heavy atom. The molecule has 0 unspecified atom stereocenters. The molecule has 0 aliphatic rings. The summed E-state index contributed by atoms with van der Waals surface area (Å²) in [5, 5.41) is 0. The Labute approximate surface area is 101 Å². The van der Waals surface area contributed by atoms with E-state index in [4.69, 9.17) is 0 Å². The third-order valence-electron chi connectivity index (χ3n) is 3.42. The van der Waals surface area contributed by atoms with Gasteiger partial charge in [0, 0.05) is 0 Å². The molecule has 1 rings (SSSR count). The topological polar surface area (TPSA) is 0 Å². The van der Waals surface area contributed by atoms with E-state index in [2.05, 4.69) is 46.8 Å². The summed E-state index contributed by atoms with van der Waals surface area (Å²) in [6.45, 7) is 11.4. The van der Waals surface area contributed by atoms with E-state index in [1.54, 1.807) is 22.3 Å². The lowest BCUT2D eigenvalue weighted by atomic mass is 9.86. The maximum atomic E-state index is 2.35. The lowest BCUT2D eigenvalue weighted by Crippen LogP contribution is -2.04. The average molecular weight is 218 g/mol.